The summed E-state index contributed by atoms with van der Waals surface area (Å²) in [7, 11) is 0. The fourth-order valence-electron chi connectivity index (χ4n) is 3.65. The molecule has 1 aromatic heterocycles. The lowest BCUT2D eigenvalue weighted by molar-refractivity contribution is -0.136. The molecular formula is C24H20FN5O4. The average Bonchev–Trinajstić information content (AvgIpc) is 3.47. The van der Waals surface area contributed by atoms with Gasteiger partial charge in [0.05, 0.1) is 5.52 Å². The predicted octanol–water partition coefficient (Wildman–Crippen LogP) is 2.97. The summed E-state index contributed by atoms with van der Waals surface area (Å²) in [6, 6.07) is 18.1. The quantitative estimate of drug-likeness (QED) is 0.454. The van der Waals surface area contributed by atoms with Crippen molar-refractivity contribution in [3.05, 3.63) is 78.1 Å². The molecule has 1 N–H and O–H groups in total. The van der Waals surface area contributed by atoms with Gasteiger partial charge in [-0.05, 0) is 42.0 Å². The minimum Gasteiger partial charge on any atom is -0.454 e. The van der Waals surface area contributed by atoms with Gasteiger partial charge in [-0.2, -0.15) is 0 Å². The first kappa shape index (κ1) is 21.4. The largest absolute Gasteiger partial charge is 0.454 e. The van der Waals surface area contributed by atoms with Gasteiger partial charge in [0.2, 0.25) is 18.6 Å². The average molecular weight is 461 g/mol. The van der Waals surface area contributed by atoms with Crippen LogP contribution in [0.2, 0.25) is 0 Å². The molecule has 3 aromatic carbocycles. The number of ether oxygens (including phenoxy) is 2. The molecule has 0 aliphatic carbocycles. The van der Waals surface area contributed by atoms with E-state index in [1.807, 2.05) is 18.2 Å². The van der Waals surface area contributed by atoms with Gasteiger partial charge in [-0.25, -0.2) is 9.07 Å². The van der Waals surface area contributed by atoms with Gasteiger partial charge in [0, 0.05) is 18.3 Å². The molecule has 2 amide bonds. The second-order valence-electron chi connectivity index (χ2n) is 7.73. The zero-order chi connectivity index (χ0) is 23.5. The molecule has 5 rings (SSSR count). The Hall–Kier alpha value is -4.47. The van der Waals surface area contributed by atoms with Crippen LogP contribution in [0.1, 0.15) is 5.56 Å². The smallest absolute Gasteiger partial charge is 0.245 e. The third kappa shape index (κ3) is 4.65. The fraction of sp³-hybridized carbons (Fsp3) is 0.167. The summed E-state index contributed by atoms with van der Waals surface area (Å²) in [5.41, 5.74) is 2.59. The van der Waals surface area contributed by atoms with E-state index in [4.69, 9.17) is 9.47 Å². The van der Waals surface area contributed by atoms with E-state index in [2.05, 4.69) is 15.6 Å². The van der Waals surface area contributed by atoms with Crippen LogP contribution < -0.4 is 14.8 Å². The molecule has 2 heterocycles. The van der Waals surface area contributed by atoms with Crippen LogP contribution in [0.25, 0.3) is 11.0 Å². The number of para-hydroxylation sites is 1. The highest BCUT2D eigenvalue weighted by Crippen LogP contribution is 2.34. The molecular weight excluding hydrogens is 441 g/mol. The molecule has 4 aromatic rings. The summed E-state index contributed by atoms with van der Waals surface area (Å²) in [4.78, 5) is 27.4. The molecule has 10 heteroatoms. The Morgan fingerprint density at radius 1 is 1.03 bits per heavy atom. The van der Waals surface area contributed by atoms with Crippen molar-refractivity contribution in [1.29, 1.82) is 0 Å². The third-order valence-corrected chi connectivity index (χ3v) is 5.34. The molecule has 0 atom stereocenters. The first-order valence-electron chi connectivity index (χ1n) is 10.5. The van der Waals surface area contributed by atoms with Gasteiger partial charge in [0.15, 0.2) is 11.5 Å². The molecule has 0 spiro atoms. The number of carbonyl (C=O) groups is 2. The van der Waals surface area contributed by atoms with E-state index in [1.54, 1.807) is 36.4 Å². The monoisotopic (exact) mass is 461 g/mol. The second-order valence-corrected chi connectivity index (χ2v) is 7.73. The summed E-state index contributed by atoms with van der Waals surface area (Å²) in [6.45, 7) is -0.0553. The first-order chi connectivity index (χ1) is 16.5. The number of halogens is 1. The first-order valence-corrected chi connectivity index (χ1v) is 10.5. The lowest BCUT2D eigenvalue weighted by atomic mass is 10.2. The molecule has 0 bridgehead atoms. The van der Waals surface area contributed by atoms with Crippen LogP contribution in [0, 0.1) is 5.82 Å². The van der Waals surface area contributed by atoms with Gasteiger partial charge >= 0.3 is 0 Å². The summed E-state index contributed by atoms with van der Waals surface area (Å²) in [6.07, 6.45) is 0. The highest BCUT2D eigenvalue weighted by molar-refractivity contribution is 5.95. The van der Waals surface area contributed by atoms with Crippen LogP contribution in [0.3, 0.4) is 0 Å². The lowest BCUT2D eigenvalue weighted by Gasteiger charge is -2.22. The molecule has 9 nitrogen and oxygen atoms in total. The molecule has 0 saturated heterocycles. The van der Waals surface area contributed by atoms with Crippen LogP contribution in [0.4, 0.5) is 10.1 Å². The van der Waals surface area contributed by atoms with E-state index < -0.39 is 5.91 Å². The number of carbonyl (C=O) groups excluding carboxylic acids is 2. The second kappa shape index (κ2) is 9.18. The maximum absolute atomic E-state index is 13.3. The van der Waals surface area contributed by atoms with Crippen LogP contribution in [-0.2, 0) is 22.7 Å². The third-order valence-electron chi connectivity index (χ3n) is 5.34. The topological polar surface area (TPSA) is 98.6 Å². The Morgan fingerprint density at radius 2 is 1.82 bits per heavy atom. The Bertz CT molecular complexity index is 1360. The number of aromatic nitrogens is 3. The predicted molar refractivity (Wildman–Crippen MR) is 121 cm³/mol. The zero-order valence-electron chi connectivity index (χ0n) is 18.0. The molecule has 172 valence electrons. The van der Waals surface area contributed by atoms with Gasteiger partial charge in [-0.3, -0.25) is 9.59 Å². The standard InChI is InChI=1S/C24H20FN5O4/c25-17-7-5-16(6-8-17)12-29(24(32)14-30-20-4-2-1-3-19(20)27-28-30)13-23(31)26-18-9-10-21-22(11-18)34-15-33-21/h1-11H,12-15H2,(H,26,31). The minimum atomic E-state index is -0.391. The SMILES string of the molecule is O=C(CN(Cc1ccc(F)cc1)C(=O)Cn1nnc2ccccc21)Nc1ccc2c(c1)OCO2. The normalized spacial score (nSPS) is 12.0. The van der Waals surface area contributed by atoms with E-state index in [0.717, 1.165) is 0 Å². The number of hydrogen-bond donors (Lipinski definition) is 1. The molecule has 0 fully saturated rings. The zero-order valence-corrected chi connectivity index (χ0v) is 18.0. The lowest BCUT2D eigenvalue weighted by Crippen LogP contribution is -2.39. The van der Waals surface area contributed by atoms with Gasteiger partial charge in [0.25, 0.3) is 0 Å². The van der Waals surface area contributed by atoms with Crippen molar-refractivity contribution in [3.8, 4) is 11.5 Å². The van der Waals surface area contributed by atoms with Crippen LogP contribution in [0.15, 0.2) is 66.7 Å². The summed E-state index contributed by atoms with van der Waals surface area (Å²) in [5.74, 6) is 0.0381. The van der Waals surface area contributed by atoms with Crippen molar-refractivity contribution >= 4 is 28.5 Å². The van der Waals surface area contributed by atoms with Gasteiger partial charge in [-0.1, -0.05) is 29.5 Å². The van der Waals surface area contributed by atoms with E-state index in [0.29, 0.717) is 33.8 Å². The number of fused-ring (bicyclic) bond motifs is 2. The molecule has 34 heavy (non-hydrogen) atoms. The Morgan fingerprint density at radius 3 is 2.68 bits per heavy atom. The summed E-state index contributed by atoms with van der Waals surface area (Å²) >= 11 is 0. The van der Waals surface area contributed by atoms with Crippen LogP contribution in [0.5, 0.6) is 11.5 Å². The van der Waals surface area contributed by atoms with E-state index in [9.17, 15) is 14.0 Å². The Kier molecular flexibility index (Phi) is 5.77. The van der Waals surface area contributed by atoms with Crippen LogP contribution >= 0.6 is 0 Å². The van der Waals surface area contributed by atoms with Crippen molar-refractivity contribution in [3.63, 3.8) is 0 Å². The molecule has 0 unspecified atom stereocenters. The van der Waals surface area contributed by atoms with E-state index in [-0.39, 0.29) is 38.2 Å². The number of nitrogens with zero attached hydrogens (tertiary/aromatic N) is 4. The fourth-order valence-corrected chi connectivity index (χ4v) is 3.65. The highest BCUT2D eigenvalue weighted by atomic mass is 19.1. The molecule has 0 radical (unpaired) electrons. The highest BCUT2D eigenvalue weighted by Gasteiger charge is 2.21. The number of benzene rings is 3. The molecule has 1 aliphatic rings. The Labute approximate surface area is 193 Å². The molecule has 0 saturated carbocycles. The van der Waals surface area contributed by atoms with Crippen LogP contribution in [-0.4, -0.2) is 45.0 Å². The number of rotatable bonds is 7. The Balaban J connectivity index is 1.33. The molecule has 1 aliphatic heterocycles. The number of anilines is 1. The van der Waals surface area contributed by atoms with Crippen molar-refractivity contribution in [1.82, 2.24) is 19.9 Å². The van der Waals surface area contributed by atoms with Gasteiger partial charge in [0.1, 0.15) is 24.4 Å². The minimum absolute atomic E-state index is 0.0982. The number of amides is 2. The number of nitrogens with one attached hydrogen (secondary N) is 1. The van der Waals surface area contributed by atoms with Gasteiger partial charge < -0.3 is 19.7 Å². The van der Waals surface area contributed by atoms with Crippen molar-refractivity contribution in [2.45, 2.75) is 13.1 Å². The summed E-state index contributed by atoms with van der Waals surface area (Å²) in [5, 5.41) is 10.9. The van der Waals surface area contributed by atoms with Crippen molar-refractivity contribution < 1.29 is 23.5 Å². The maximum Gasteiger partial charge on any atom is 0.245 e. The number of hydrogen-bond acceptors (Lipinski definition) is 6. The van der Waals surface area contributed by atoms with Crippen molar-refractivity contribution in [2.75, 3.05) is 18.7 Å². The van der Waals surface area contributed by atoms with Crippen molar-refractivity contribution in [2.24, 2.45) is 0 Å². The maximum atomic E-state index is 13.3. The van der Waals surface area contributed by atoms with Gasteiger partial charge in [-0.15, -0.1) is 5.10 Å². The van der Waals surface area contributed by atoms with E-state index in [1.165, 1.54) is 21.7 Å². The summed E-state index contributed by atoms with van der Waals surface area (Å²) < 4.78 is 25.5. The van der Waals surface area contributed by atoms with E-state index >= 15 is 0 Å².